The van der Waals surface area contributed by atoms with Gasteiger partial charge in [0.25, 0.3) is 0 Å². The first kappa shape index (κ1) is 23.1. The van der Waals surface area contributed by atoms with Gasteiger partial charge in [0.05, 0.1) is 30.0 Å². The van der Waals surface area contributed by atoms with E-state index >= 15 is 0 Å². The van der Waals surface area contributed by atoms with Crippen LogP contribution in [0, 0.1) is 0 Å². The highest BCUT2D eigenvalue weighted by molar-refractivity contribution is 5.95. The van der Waals surface area contributed by atoms with Crippen molar-refractivity contribution < 1.29 is 9.53 Å². The van der Waals surface area contributed by atoms with Crippen LogP contribution in [-0.4, -0.2) is 31.2 Å². The number of hydrogen-bond acceptors (Lipinski definition) is 4. The Morgan fingerprint density at radius 3 is 2.30 bits per heavy atom. The highest BCUT2D eigenvalue weighted by atomic mass is 35.5. The Hall–Kier alpha value is -1.95. The van der Waals surface area contributed by atoms with E-state index in [9.17, 15) is 4.79 Å². The molecule has 0 radical (unpaired) electrons. The normalized spacial score (nSPS) is 18.8. The number of ether oxygens (including phenoxy) is 1. The molecule has 1 aliphatic rings. The minimum Gasteiger partial charge on any atom is -0.399 e. The van der Waals surface area contributed by atoms with Gasteiger partial charge in [0.1, 0.15) is 0 Å². The van der Waals surface area contributed by atoms with E-state index in [4.69, 9.17) is 10.5 Å². The predicted octanol–water partition coefficient (Wildman–Crippen LogP) is 3.91. The van der Waals surface area contributed by atoms with Crippen molar-refractivity contribution in [2.24, 2.45) is 0 Å². The summed E-state index contributed by atoms with van der Waals surface area (Å²) >= 11 is 0. The fourth-order valence-corrected chi connectivity index (χ4v) is 3.24. The summed E-state index contributed by atoms with van der Waals surface area (Å²) < 4.78 is 5.81. The Morgan fingerprint density at radius 1 is 1.07 bits per heavy atom. The van der Waals surface area contributed by atoms with Gasteiger partial charge in [-0.15, -0.1) is 24.8 Å². The van der Waals surface area contributed by atoms with Gasteiger partial charge in [-0.1, -0.05) is 24.3 Å². The second kappa shape index (κ2) is 10.4. The van der Waals surface area contributed by atoms with Crippen molar-refractivity contribution >= 4 is 47.8 Å². The minimum atomic E-state index is -0.0356. The maximum Gasteiger partial charge on any atom is 0.228 e. The topological polar surface area (TPSA) is 67.6 Å². The summed E-state index contributed by atoms with van der Waals surface area (Å²) in [6.45, 7) is 5.78. The molecular formula is C20H27Cl2N3O2. The van der Waals surface area contributed by atoms with Crippen LogP contribution in [0.25, 0.3) is 0 Å². The average molecular weight is 412 g/mol. The lowest BCUT2D eigenvalue weighted by Gasteiger charge is -2.37. The molecule has 0 saturated carbocycles. The number of rotatable bonds is 4. The number of morpholine rings is 1. The molecule has 1 fully saturated rings. The summed E-state index contributed by atoms with van der Waals surface area (Å²) in [6.07, 6.45) is 0.662. The summed E-state index contributed by atoms with van der Waals surface area (Å²) in [5.74, 6) is -0.0356. The van der Waals surface area contributed by atoms with Gasteiger partial charge in [-0.2, -0.15) is 0 Å². The Balaban J connectivity index is 0.00000182. The van der Waals surface area contributed by atoms with E-state index in [1.165, 1.54) is 0 Å². The van der Waals surface area contributed by atoms with Gasteiger partial charge in [0.2, 0.25) is 5.91 Å². The number of anilines is 3. The summed E-state index contributed by atoms with van der Waals surface area (Å²) in [4.78, 5) is 14.7. The van der Waals surface area contributed by atoms with Crippen molar-refractivity contribution in [1.29, 1.82) is 0 Å². The monoisotopic (exact) mass is 411 g/mol. The van der Waals surface area contributed by atoms with Crippen molar-refractivity contribution in [3.05, 3.63) is 54.1 Å². The highest BCUT2D eigenvalue weighted by Crippen LogP contribution is 2.28. The van der Waals surface area contributed by atoms with E-state index < -0.39 is 0 Å². The molecule has 0 aromatic heterocycles. The number of nitrogens with one attached hydrogen (secondary N) is 1. The number of halogens is 2. The first-order chi connectivity index (χ1) is 12.0. The van der Waals surface area contributed by atoms with Gasteiger partial charge < -0.3 is 20.7 Å². The summed E-state index contributed by atoms with van der Waals surface area (Å²) in [5, 5.41) is 3.05. The number of carbonyl (C=O) groups is 1. The lowest BCUT2D eigenvalue weighted by molar-refractivity contribution is -0.115. The van der Waals surface area contributed by atoms with Crippen LogP contribution in [0.4, 0.5) is 17.1 Å². The number of carbonyl (C=O) groups excluding carboxylic acids is 1. The van der Waals surface area contributed by atoms with Gasteiger partial charge in [-0.05, 0) is 43.7 Å². The van der Waals surface area contributed by atoms with Crippen LogP contribution in [0.15, 0.2) is 48.5 Å². The first-order valence-corrected chi connectivity index (χ1v) is 8.65. The van der Waals surface area contributed by atoms with Crippen LogP contribution in [0.1, 0.15) is 19.4 Å². The van der Waals surface area contributed by atoms with Gasteiger partial charge in [-0.3, -0.25) is 4.79 Å². The molecule has 148 valence electrons. The molecule has 1 heterocycles. The lowest BCUT2D eigenvalue weighted by Crippen LogP contribution is -2.45. The van der Waals surface area contributed by atoms with Crippen molar-refractivity contribution in [1.82, 2.24) is 0 Å². The lowest BCUT2D eigenvalue weighted by atomic mass is 10.1. The van der Waals surface area contributed by atoms with E-state index in [1.807, 2.05) is 48.5 Å². The highest BCUT2D eigenvalue weighted by Gasteiger charge is 2.24. The third-order valence-electron chi connectivity index (χ3n) is 4.28. The first-order valence-electron chi connectivity index (χ1n) is 8.65. The molecule has 2 atom stereocenters. The minimum absolute atomic E-state index is 0. The number of nitrogens with zero attached hydrogens (tertiary/aromatic N) is 1. The molecule has 3 rings (SSSR count). The summed E-state index contributed by atoms with van der Waals surface area (Å²) in [6, 6.07) is 15.3. The molecule has 0 spiro atoms. The predicted molar refractivity (Wildman–Crippen MR) is 116 cm³/mol. The van der Waals surface area contributed by atoms with E-state index in [0.717, 1.165) is 30.0 Å². The SMILES string of the molecule is CC1CN(c2ccccc2NC(=O)Cc2ccc(N)cc2)CC(C)O1.Cl.Cl. The molecule has 3 N–H and O–H groups in total. The zero-order valence-corrected chi connectivity index (χ0v) is 17.2. The summed E-state index contributed by atoms with van der Waals surface area (Å²) in [7, 11) is 0. The van der Waals surface area contributed by atoms with Gasteiger partial charge in [-0.25, -0.2) is 0 Å². The Kier molecular flexibility index (Phi) is 8.89. The van der Waals surface area contributed by atoms with Gasteiger partial charge in [0.15, 0.2) is 0 Å². The van der Waals surface area contributed by atoms with Crippen molar-refractivity contribution in [2.45, 2.75) is 32.5 Å². The van der Waals surface area contributed by atoms with Crippen LogP contribution in [0.3, 0.4) is 0 Å². The van der Waals surface area contributed by atoms with Crippen LogP contribution < -0.4 is 16.0 Å². The fourth-order valence-electron chi connectivity index (χ4n) is 3.24. The maximum atomic E-state index is 12.4. The van der Waals surface area contributed by atoms with E-state index in [1.54, 1.807) is 0 Å². The second-order valence-electron chi connectivity index (χ2n) is 6.65. The number of hydrogen-bond donors (Lipinski definition) is 2. The third kappa shape index (κ3) is 6.31. The van der Waals surface area contributed by atoms with E-state index in [-0.39, 0.29) is 42.9 Å². The summed E-state index contributed by atoms with van der Waals surface area (Å²) in [5.41, 5.74) is 9.21. The molecular weight excluding hydrogens is 385 g/mol. The molecule has 2 unspecified atom stereocenters. The van der Waals surface area contributed by atoms with Crippen LogP contribution in [0.5, 0.6) is 0 Å². The molecule has 0 aliphatic carbocycles. The van der Waals surface area contributed by atoms with Crippen molar-refractivity contribution in [2.75, 3.05) is 29.0 Å². The second-order valence-corrected chi connectivity index (χ2v) is 6.65. The number of amides is 1. The molecule has 5 nitrogen and oxygen atoms in total. The largest absolute Gasteiger partial charge is 0.399 e. The van der Waals surface area contributed by atoms with Crippen LogP contribution in [-0.2, 0) is 16.0 Å². The molecule has 1 aliphatic heterocycles. The van der Waals surface area contributed by atoms with E-state index in [2.05, 4.69) is 24.1 Å². The molecule has 2 aromatic rings. The Labute approximate surface area is 173 Å². The van der Waals surface area contributed by atoms with Gasteiger partial charge >= 0.3 is 0 Å². The molecule has 2 aromatic carbocycles. The third-order valence-corrected chi connectivity index (χ3v) is 4.28. The molecule has 27 heavy (non-hydrogen) atoms. The quantitative estimate of drug-likeness (QED) is 0.748. The average Bonchev–Trinajstić information content (AvgIpc) is 2.56. The van der Waals surface area contributed by atoms with Crippen molar-refractivity contribution in [3.63, 3.8) is 0 Å². The molecule has 0 bridgehead atoms. The number of benzene rings is 2. The van der Waals surface area contributed by atoms with Crippen LogP contribution in [0.2, 0.25) is 0 Å². The standard InChI is InChI=1S/C20H25N3O2.2ClH/c1-14-12-23(13-15(2)25-14)19-6-4-3-5-18(19)22-20(24)11-16-7-9-17(21)10-8-16;;/h3-10,14-15H,11-13,21H2,1-2H3,(H,22,24);2*1H. The molecule has 1 saturated heterocycles. The van der Waals surface area contributed by atoms with Crippen LogP contribution >= 0.6 is 24.8 Å². The van der Waals surface area contributed by atoms with Gasteiger partial charge in [0, 0.05) is 18.8 Å². The Bertz CT molecular complexity index is 730. The number of para-hydroxylation sites is 2. The number of nitrogen functional groups attached to an aromatic ring is 1. The smallest absolute Gasteiger partial charge is 0.228 e. The van der Waals surface area contributed by atoms with Crippen molar-refractivity contribution in [3.8, 4) is 0 Å². The number of nitrogens with two attached hydrogens (primary N) is 1. The molecule has 1 amide bonds. The maximum absolute atomic E-state index is 12.4. The fraction of sp³-hybridized carbons (Fsp3) is 0.350. The zero-order valence-electron chi connectivity index (χ0n) is 15.6. The molecule has 7 heteroatoms. The Morgan fingerprint density at radius 2 is 1.67 bits per heavy atom. The zero-order chi connectivity index (χ0) is 17.8. The van der Waals surface area contributed by atoms with E-state index in [0.29, 0.717) is 12.1 Å².